The summed E-state index contributed by atoms with van der Waals surface area (Å²) in [6, 6.07) is 17.5. The first kappa shape index (κ1) is 18.3. The lowest BCUT2D eigenvalue weighted by Gasteiger charge is -2.32. The molecule has 0 atom stereocenters. The molecule has 0 unspecified atom stereocenters. The summed E-state index contributed by atoms with van der Waals surface area (Å²) in [5.74, 6) is 0.762. The van der Waals surface area contributed by atoms with Crippen molar-refractivity contribution in [1.29, 1.82) is 0 Å². The molecule has 1 aliphatic rings. The van der Waals surface area contributed by atoms with Gasteiger partial charge < -0.3 is 14.5 Å². The van der Waals surface area contributed by atoms with Crippen LogP contribution in [0.25, 0.3) is 16.9 Å². The highest BCUT2D eigenvalue weighted by Gasteiger charge is 2.26. The van der Waals surface area contributed by atoms with Crippen molar-refractivity contribution >= 4 is 5.91 Å². The number of likely N-dealkylation sites (N-methyl/N-ethyl adjacent to an activating group) is 1. The van der Waals surface area contributed by atoms with Crippen LogP contribution in [0.4, 0.5) is 0 Å². The minimum absolute atomic E-state index is 0.0214. The van der Waals surface area contributed by atoms with Crippen LogP contribution in [0.2, 0.25) is 0 Å². The van der Waals surface area contributed by atoms with Gasteiger partial charge in [0.15, 0.2) is 0 Å². The molecule has 0 radical (unpaired) electrons. The van der Waals surface area contributed by atoms with Crippen molar-refractivity contribution in [3.63, 3.8) is 0 Å². The Kier molecular flexibility index (Phi) is 5.12. The summed E-state index contributed by atoms with van der Waals surface area (Å²) in [6.07, 6.45) is 1.84. The van der Waals surface area contributed by atoms with Gasteiger partial charge in [0.1, 0.15) is 11.4 Å². The van der Waals surface area contributed by atoms with Crippen molar-refractivity contribution < 1.29 is 9.53 Å². The Morgan fingerprint density at radius 3 is 2.46 bits per heavy atom. The summed E-state index contributed by atoms with van der Waals surface area (Å²) in [5.41, 5.74) is 3.07. The third-order valence-corrected chi connectivity index (χ3v) is 5.10. The fourth-order valence-corrected chi connectivity index (χ4v) is 3.41. The first-order valence-corrected chi connectivity index (χ1v) is 9.43. The lowest BCUT2D eigenvalue weighted by atomic mass is 10.1. The smallest absolute Gasteiger partial charge is 0.257 e. The van der Waals surface area contributed by atoms with Crippen molar-refractivity contribution in [1.82, 2.24) is 19.6 Å². The minimum Gasteiger partial charge on any atom is -0.497 e. The summed E-state index contributed by atoms with van der Waals surface area (Å²) >= 11 is 0. The van der Waals surface area contributed by atoms with Gasteiger partial charge in [-0.25, -0.2) is 4.68 Å². The molecular weight excluding hydrogens is 352 g/mol. The Bertz CT molecular complexity index is 960. The topological polar surface area (TPSA) is 50.6 Å². The van der Waals surface area contributed by atoms with Crippen LogP contribution in [0.5, 0.6) is 5.75 Å². The Labute approximate surface area is 164 Å². The number of para-hydroxylation sites is 1. The van der Waals surface area contributed by atoms with E-state index in [9.17, 15) is 4.79 Å². The second-order valence-electron chi connectivity index (χ2n) is 7.00. The third-order valence-electron chi connectivity index (χ3n) is 5.10. The maximum Gasteiger partial charge on any atom is 0.257 e. The van der Waals surface area contributed by atoms with Gasteiger partial charge in [-0.1, -0.05) is 30.3 Å². The normalized spacial score (nSPS) is 14.9. The fourth-order valence-electron chi connectivity index (χ4n) is 3.41. The van der Waals surface area contributed by atoms with Gasteiger partial charge in [0.05, 0.1) is 18.4 Å². The Hall–Kier alpha value is -3.12. The lowest BCUT2D eigenvalue weighted by Crippen LogP contribution is -2.47. The van der Waals surface area contributed by atoms with Crippen LogP contribution in [-0.2, 0) is 0 Å². The van der Waals surface area contributed by atoms with Crippen LogP contribution in [-0.4, -0.2) is 65.8 Å². The average Bonchev–Trinajstić information content (AvgIpc) is 3.20. The van der Waals surface area contributed by atoms with E-state index in [1.807, 2.05) is 65.7 Å². The molecule has 1 saturated heterocycles. The molecule has 2 aromatic carbocycles. The molecule has 1 amide bonds. The fraction of sp³-hybridized carbons (Fsp3) is 0.273. The zero-order valence-corrected chi connectivity index (χ0v) is 16.2. The Balaban J connectivity index is 1.76. The number of hydrogen-bond acceptors (Lipinski definition) is 4. The van der Waals surface area contributed by atoms with Crippen LogP contribution in [0.15, 0.2) is 60.8 Å². The predicted octanol–water partition coefficient (Wildman–Crippen LogP) is 2.94. The molecule has 0 saturated carbocycles. The number of benzene rings is 2. The van der Waals surface area contributed by atoms with Gasteiger partial charge >= 0.3 is 0 Å². The first-order valence-electron chi connectivity index (χ1n) is 9.43. The molecule has 0 spiro atoms. The molecule has 0 N–H and O–H groups in total. The van der Waals surface area contributed by atoms with Crippen molar-refractivity contribution in [2.24, 2.45) is 0 Å². The highest BCUT2D eigenvalue weighted by Crippen LogP contribution is 2.28. The molecule has 6 nitrogen and oxygen atoms in total. The number of rotatable bonds is 4. The molecule has 144 valence electrons. The molecule has 3 aromatic rings. The number of piperazine rings is 1. The molecule has 0 aliphatic carbocycles. The molecule has 2 heterocycles. The molecule has 28 heavy (non-hydrogen) atoms. The van der Waals surface area contributed by atoms with Gasteiger partial charge in [0.2, 0.25) is 0 Å². The third kappa shape index (κ3) is 3.64. The standard InChI is InChI=1S/C22H24N4O2/c1-24-11-13-25(14-12-24)22(27)20-16-26(18-8-4-3-5-9-18)23-21(20)17-7-6-10-19(15-17)28-2/h3-10,15-16H,11-14H2,1-2H3. The summed E-state index contributed by atoms with van der Waals surface area (Å²) < 4.78 is 7.14. The van der Waals surface area contributed by atoms with Crippen LogP contribution in [0, 0.1) is 0 Å². The van der Waals surface area contributed by atoms with E-state index in [0.29, 0.717) is 11.3 Å². The van der Waals surface area contributed by atoms with Gasteiger partial charge in [0, 0.05) is 37.9 Å². The monoisotopic (exact) mass is 376 g/mol. The van der Waals surface area contributed by atoms with E-state index >= 15 is 0 Å². The van der Waals surface area contributed by atoms with Gasteiger partial charge in [-0.3, -0.25) is 4.79 Å². The highest BCUT2D eigenvalue weighted by molar-refractivity contribution is 6.00. The maximum absolute atomic E-state index is 13.3. The number of methoxy groups -OCH3 is 1. The van der Waals surface area contributed by atoms with Gasteiger partial charge in [-0.15, -0.1) is 0 Å². The summed E-state index contributed by atoms with van der Waals surface area (Å²) in [7, 11) is 3.72. The molecule has 1 aromatic heterocycles. The minimum atomic E-state index is 0.0214. The van der Waals surface area contributed by atoms with Gasteiger partial charge in [-0.05, 0) is 31.3 Å². The van der Waals surface area contributed by atoms with Crippen molar-refractivity contribution in [2.45, 2.75) is 0 Å². The molecule has 1 fully saturated rings. The zero-order valence-electron chi connectivity index (χ0n) is 16.2. The SMILES string of the molecule is COc1cccc(-c2nn(-c3ccccc3)cc2C(=O)N2CCN(C)CC2)c1. The number of aromatic nitrogens is 2. The number of hydrogen-bond donors (Lipinski definition) is 0. The quantitative estimate of drug-likeness (QED) is 0.703. The number of nitrogens with zero attached hydrogens (tertiary/aromatic N) is 4. The Morgan fingerprint density at radius 1 is 1.00 bits per heavy atom. The van der Waals surface area contributed by atoms with Crippen molar-refractivity contribution in [2.75, 3.05) is 40.3 Å². The van der Waals surface area contributed by atoms with Crippen LogP contribution in [0.3, 0.4) is 0 Å². The molecule has 4 rings (SSSR count). The maximum atomic E-state index is 13.3. The average molecular weight is 376 g/mol. The van der Waals surface area contributed by atoms with Crippen LogP contribution >= 0.6 is 0 Å². The van der Waals surface area contributed by atoms with Crippen molar-refractivity contribution in [3.05, 3.63) is 66.4 Å². The number of amides is 1. The highest BCUT2D eigenvalue weighted by atomic mass is 16.5. The summed E-state index contributed by atoms with van der Waals surface area (Å²) in [6.45, 7) is 3.22. The van der Waals surface area contributed by atoms with Gasteiger partial charge in [0.25, 0.3) is 5.91 Å². The van der Waals surface area contributed by atoms with E-state index in [1.54, 1.807) is 11.8 Å². The Morgan fingerprint density at radius 2 is 1.75 bits per heavy atom. The van der Waals surface area contributed by atoms with Crippen LogP contribution < -0.4 is 4.74 Å². The van der Waals surface area contributed by atoms with E-state index in [1.165, 1.54) is 0 Å². The van der Waals surface area contributed by atoms with E-state index in [-0.39, 0.29) is 5.91 Å². The van der Waals surface area contributed by atoms with E-state index in [0.717, 1.165) is 43.2 Å². The van der Waals surface area contributed by atoms with Gasteiger partial charge in [-0.2, -0.15) is 5.10 Å². The second-order valence-corrected chi connectivity index (χ2v) is 7.00. The van der Waals surface area contributed by atoms with E-state index in [2.05, 4.69) is 11.9 Å². The number of carbonyl (C=O) groups excluding carboxylic acids is 1. The lowest BCUT2D eigenvalue weighted by molar-refractivity contribution is 0.0665. The van der Waals surface area contributed by atoms with Crippen LogP contribution in [0.1, 0.15) is 10.4 Å². The second kappa shape index (κ2) is 7.86. The van der Waals surface area contributed by atoms with E-state index in [4.69, 9.17) is 9.84 Å². The zero-order chi connectivity index (χ0) is 19.5. The molecule has 6 heteroatoms. The number of carbonyl (C=O) groups is 1. The molecular formula is C22H24N4O2. The first-order chi connectivity index (χ1) is 13.7. The summed E-state index contributed by atoms with van der Waals surface area (Å²) in [4.78, 5) is 17.5. The van der Waals surface area contributed by atoms with E-state index < -0.39 is 0 Å². The van der Waals surface area contributed by atoms with Crippen molar-refractivity contribution in [3.8, 4) is 22.7 Å². The predicted molar refractivity (Wildman–Crippen MR) is 109 cm³/mol. The number of ether oxygens (including phenoxy) is 1. The summed E-state index contributed by atoms with van der Waals surface area (Å²) in [5, 5.41) is 4.76. The molecule has 1 aliphatic heterocycles. The molecule has 0 bridgehead atoms. The largest absolute Gasteiger partial charge is 0.497 e.